The average Bonchev–Trinajstić information content (AvgIpc) is 2.25. The number of hydrogen-bond acceptors (Lipinski definition) is 4. The minimum absolute atomic E-state index is 0.00362. The fraction of sp³-hybridized carbons (Fsp3) is 1.00. The molecule has 0 aromatic rings. The largest absolute Gasteiger partial charge is 0.354 e. The van der Waals surface area contributed by atoms with E-state index in [0.29, 0.717) is 6.42 Å². The van der Waals surface area contributed by atoms with Crippen molar-refractivity contribution < 1.29 is 14.2 Å². The van der Waals surface area contributed by atoms with Gasteiger partial charge in [0.25, 0.3) is 0 Å². The van der Waals surface area contributed by atoms with Gasteiger partial charge in [0.1, 0.15) is 0 Å². The molecule has 17 heavy (non-hydrogen) atoms. The summed E-state index contributed by atoms with van der Waals surface area (Å²) >= 11 is 3.47. The van der Waals surface area contributed by atoms with Crippen LogP contribution in [0.2, 0.25) is 0 Å². The first-order valence-corrected chi connectivity index (χ1v) is 6.38. The third-order valence-corrected chi connectivity index (χ3v) is 4.08. The number of halogens is 1. The van der Waals surface area contributed by atoms with E-state index in [-0.39, 0.29) is 17.0 Å². The van der Waals surface area contributed by atoms with E-state index >= 15 is 0 Å². The Hall–Kier alpha value is -0.330. The van der Waals surface area contributed by atoms with E-state index in [1.165, 1.54) is 0 Å². The van der Waals surface area contributed by atoms with Crippen LogP contribution >= 0.6 is 15.9 Å². The van der Waals surface area contributed by atoms with Gasteiger partial charge < -0.3 is 14.2 Å². The Morgan fingerprint density at radius 2 is 2.18 bits per heavy atom. The van der Waals surface area contributed by atoms with Crippen molar-refractivity contribution in [1.82, 2.24) is 0 Å². The Labute approximate surface area is 109 Å². The summed E-state index contributed by atoms with van der Waals surface area (Å²) in [7, 11) is 1.57. The molecule has 0 amide bonds. The maximum atomic E-state index is 8.52. The number of azide groups is 1. The fourth-order valence-corrected chi connectivity index (χ4v) is 2.07. The lowest BCUT2D eigenvalue weighted by Crippen LogP contribution is -2.46. The fourth-order valence-electron chi connectivity index (χ4n) is 1.63. The second kappa shape index (κ2) is 6.02. The molecule has 1 saturated heterocycles. The molecule has 1 aliphatic rings. The minimum atomic E-state index is -0.718. The molecule has 0 spiro atoms. The number of alkyl halides is 1. The SMILES string of the molecule is COC(C)(C)O[C@H]1C[C@H](N=[N+]=[N-])[C@H](Br)[C@H](C)O1. The molecule has 1 aliphatic heterocycles. The summed E-state index contributed by atoms with van der Waals surface area (Å²) < 4.78 is 16.5. The molecule has 1 heterocycles. The summed E-state index contributed by atoms with van der Waals surface area (Å²) in [6.45, 7) is 5.53. The first kappa shape index (κ1) is 14.7. The van der Waals surface area contributed by atoms with Crippen LogP contribution in [0.1, 0.15) is 27.2 Å². The van der Waals surface area contributed by atoms with Gasteiger partial charge in [-0.15, -0.1) is 0 Å². The summed E-state index contributed by atoms with van der Waals surface area (Å²) in [5.74, 6) is -0.718. The molecule has 0 saturated carbocycles. The van der Waals surface area contributed by atoms with E-state index in [4.69, 9.17) is 19.7 Å². The van der Waals surface area contributed by atoms with E-state index < -0.39 is 12.1 Å². The highest BCUT2D eigenvalue weighted by Crippen LogP contribution is 2.30. The number of nitrogens with zero attached hydrogens (tertiary/aromatic N) is 3. The Balaban J connectivity index is 2.67. The molecule has 6 nitrogen and oxygen atoms in total. The van der Waals surface area contributed by atoms with Crippen molar-refractivity contribution in [1.29, 1.82) is 0 Å². The van der Waals surface area contributed by atoms with Gasteiger partial charge in [-0.3, -0.25) is 0 Å². The van der Waals surface area contributed by atoms with Crippen LogP contribution in [0.4, 0.5) is 0 Å². The molecule has 0 aliphatic carbocycles. The summed E-state index contributed by atoms with van der Waals surface area (Å²) in [5, 5.41) is 3.75. The summed E-state index contributed by atoms with van der Waals surface area (Å²) in [5.41, 5.74) is 8.52. The van der Waals surface area contributed by atoms with Crippen molar-refractivity contribution in [3.05, 3.63) is 10.4 Å². The summed E-state index contributed by atoms with van der Waals surface area (Å²) in [6, 6.07) is -0.179. The molecular formula is C10H18BrN3O3. The van der Waals surface area contributed by atoms with Crippen LogP contribution in [0.15, 0.2) is 5.11 Å². The van der Waals surface area contributed by atoms with E-state index in [9.17, 15) is 0 Å². The molecule has 98 valence electrons. The number of ether oxygens (including phenoxy) is 3. The number of hydrogen-bond donors (Lipinski definition) is 0. The Morgan fingerprint density at radius 3 is 2.71 bits per heavy atom. The zero-order valence-corrected chi connectivity index (χ0v) is 12.0. The molecular weight excluding hydrogens is 290 g/mol. The maximum absolute atomic E-state index is 8.52. The van der Waals surface area contributed by atoms with Crippen molar-refractivity contribution in [2.24, 2.45) is 5.11 Å². The molecule has 0 aromatic carbocycles. The molecule has 7 heteroatoms. The minimum Gasteiger partial charge on any atom is -0.354 e. The van der Waals surface area contributed by atoms with Gasteiger partial charge in [0.2, 0.25) is 0 Å². The highest BCUT2D eigenvalue weighted by molar-refractivity contribution is 9.09. The van der Waals surface area contributed by atoms with Gasteiger partial charge in [-0.25, -0.2) is 0 Å². The quantitative estimate of drug-likeness (QED) is 0.263. The van der Waals surface area contributed by atoms with Crippen molar-refractivity contribution >= 4 is 15.9 Å². The van der Waals surface area contributed by atoms with Crippen molar-refractivity contribution in [2.75, 3.05) is 7.11 Å². The molecule has 4 atom stereocenters. The smallest absolute Gasteiger partial charge is 0.165 e. The van der Waals surface area contributed by atoms with Crippen LogP contribution in [-0.4, -0.2) is 36.2 Å². The van der Waals surface area contributed by atoms with Gasteiger partial charge >= 0.3 is 0 Å². The lowest BCUT2D eigenvalue weighted by atomic mass is 10.0. The maximum Gasteiger partial charge on any atom is 0.165 e. The average molecular weight is 308 g/mol. The lowest BCUT2D eigenvalue weighted by molar-refractivity contribution is -0.303. The van der Waals surface area contributed by atoms with Crippen LogP contribution in [0.5, 0.6) is 0 Å². The van der Waals surface area contributed by atoms with Gasteiger partial charge in [-0.05, 0) is 26.3 Å². The third kappa shape index (κ3) is 4.12. The molecule has 0 unspecified atom stereocenters. The predicted molar refractivity (Wildman–Crippen MR) is 66.8 cm³/mol. The van der Waals surface area contributed by atoms with Gasteiger partial charge in [-0.2, -0.15) is 0 Å². The molecule has 0 aromatic heterocycles. The van der Waals surface area contributed by atoms with E-state index in [0.717, 1.165) is 0 Å². The highest BCUT2D eigenvalue weighted by atomic mass is 79.9. The first-order chi connectivity index (χ1) is 7.89. The van der Waals surface area contributed by atoms with Crippen molar-refractivity contribution in [2.45, 2.75) is 56.2 Å². The molecule has 0 radical (unpaired) electrons. The summed E-state index contributed by atoms with van der Waals surface area (Å²) in [6.07, 6.45) is -0.00180. The van der Waals surface area contributed by atoms with E-state index in [1.54, 1.807) is 7.11 Å². The zero-order valence-electron chi connectivity index (χ0n) is 10.5. The van der Waals surface area contributed by atoms with Crippen LogP contribution in [-0.2, 0) is 14.2 Å². The van der Waals surface area contributed by atoms with Gasteiger partial charge in [0, 0.05) is 23.3 Å². The topological polar surface area (TPSA) is 76.5 Å². The van der Waals surface area contributed by atoms with Crippen LogP contribution in [0, 0.1) is 0 Å². The second-order valence-corrected chi connectivity index (χ2v) is 5.50. The first-order valence-electron chi connectivity index (χ1n) is 5.46. The van der Waals surface area contributed by atoms with Crippen molar-refractivity contribution in [3.63, 3.8) is 0 Å². The molecule has 1 fully saturated rings. The predicted octanol–water partition coefficient (Wildman–Crippen LogP) is 2.96. The standard InChI is InChI=1S/C10H18BrN3O3/c1-6-9(11)7(13-14-12)5-8(16-6)17-10(2,3)15-4/h6-9H,5H2,1-4H3/t6-,7-,8-,9+/m0/s1. The molecule has 0 bridgehead atoms. The Morgan fingerprint density at radius 1 is 1.53 bits per heavy atom. The molecule has 0 N–H and O–H groups in total. The highest BCUT2D eigenvalue weighted by Gasteiger charge is 2.37. The lowest BCUT2D eigenvalue weighted by Gasteiger charge is -2.38. The molecule has 1 rings (SSSR count). The van der Waals surface area contributed by atoms with E-state index in [1.807, 2.05) is 20.8 Å². The Bertz CT molecular complexity index is 307. The van der Waals surface area contributed by atoms with Gasteiger partial charge in [-0.1, -0.05) is 21.0 Å². The van der Waals surface area contributed by atoms with Crippen LogP contribution < -0.4 is 0 Å². The van der Waals surface area contributed by atoms with Crippen LogP contribution in [0.3, 0.4) is 0 Å². The van der Waals surface area contributed by atoms with Gasteiger partial charge in [0.05, 0.1) is 12.1 Å². The third-order valence-electron chi connectivity index (χ3n) is 2.72. The number of methoxy groups -OCH3 is 1. The number of rotatable bonds is 4. The second-order valence-electron chi connectivity index (χ2n) is 4.44. The van der Waals surface area contributed by atoms with Crippen LogP contribution in [0.25, 0.3) is 10.4 Å². The van der Waals surface area contributed by atoms with E-state index in [2.05, 4.69) is 26.0 Å². The normalized spacial score (nSPS) is 34.2. The van der Waals surface area contributed by atoms with Gasteiger partial charge in [0.15, 0.2) is 12.1 Å². The Kier molecular flexibility index (Phi) is 5.22. The monoisotopic (exact) mass is 307 g/mol. The summed E-state index contributed by atoms with van der Waals surface area (Å²) in [4.78, 5) is 2.85. The zero-order chi connectivity index (χ0) is 13.1. The van der Waals surface area contributed by atoms with Crippen molar-refractivity contribution in [3.8, 4) is 0 Å².